The van der Waals surface area contributed by atoms with E-state index in [1.807, 2.05) is 0 Å². The molecule has 1 rings (SSSR count). The number of aliphatic carboxylic acids is 1. The molecule has 1 saturated carbocycles. The highest BCUT2D eigenvalue weighted by atomic mass is 16.5. The number of hydrogen-bond acceptors (Lipinski definition) is 3. The van der Waals surface area contributed by atoms with Crippen molar-refractivity contribution in [2.45, 2.75) is 39.2 Å². The smallest absolute Gasteiger partial charge is 0.315 e. The van der Waals surface area contributed by atoms with Crippen LogP contribution in [0.25, 0.3) is 0 Å². The van der Waals surface area contributed by atoms with Gasteiger partial charge in [-0.1, -0.05) is 13.8 Å². The van der Waals surface area contributed by atoms with E-state index in [1.165, 1.54) is 0 Å². The van der Waals surface area contributed by atoms with Gasteiger partial charge >= 0.3 is 12.0 Å². The second-order valence-corrected chi connectivity index (χ2v) is 5.41. The maximum atomic E-state index is 11.5. The molecule has 2 atom stereocenters. The number of carbonyl (C=O) groups is 2. The summed E-state index contributed by atoms with van der Waals surface area (Å²) >= 11 is 0. The van der Waals surface area contributed by atoms with Gasteiger partial charge in [0.2, 0.25) is 0 Å². The fourth-order valence-electron chi connectivity index (χ4n) is 2.13. The molecule has 1 aliphatic rings. The van der Waals surface area contributed by atoms with E-state index in [2.05, 4.69) is 24.5 Å². The van der Waals surface area contributed by atoms with Gasteiger partial charge in [-0.15, -0.1) is 0 Å². The van der Waals surface area contributed by atoms with Gasteiger partial charge in [-0.2, -0.15) is 0 Å². The Bertz CT molecular complexity index is 307. The Labute approximate surface area is 113 Å². The number of rotatable bonds is 7. The first-order valence-corrected chi connectivity index (χ1v) is 6.84. The van der Waals surface area contributed by atoms with Crippen molar-refractivity contribution in [2.75, 3.05) is 19.8 Å². The zero-order chi connectivity index (χ0) is 14.3. The van der Waals surface area contributed by atoms with Gasteiger partial charge in [-0.25, -0.2) is 4.79 Å². The zero-order valence-electron chi connectivity index (χ0n) is 11.6. The maximum Gasteiger partial charge on any atom is 0.315 e. The lowest BCUT2D eigenvalue weighted by molar-refractivity contribution is -0.141. The van der Waals surface area contributed by atoms with Crippen LogP contribution in [0.5, 0.6) is 0 Å². The molecule has 3 N–H and O–H groups in total. The van der Waals surface area contributed by atoms with Crippen LogP contribution in [0.3, 0.4) is 0 Å². The third kappa shape index (κ3) is 6.42. The summed E-state index contributed by atoms with van der Waals surface area (Å²) in [6.45, 7) is 5.78. The third-order valence-electron chi connectivity index (χ3n) is 3.10. The van der Waals surface area contributed by atoms with Gasteiger partial charge in [-0.05, 0) is 25.2 Å². The first-order valence-electron chi connectivity index (χ1n) is 6.84. The number of amides is 2. The zero-order valence-corrected chi connectivity index (χ0v) is 11.6. The van der Waals surface area contributed by atoms with E-state index in [-0.39, 0.29) is 18.0 Å². The molecule has 0 aromatic heterocycles. The van der Waals surface area contributed by atoms with E-state index in [4.69, 9.17) is 9.84 Å². The molecular formula is C13H24N2O4. The lowest BCUT2D eigenvalue weighted by Crippen LogP contribution is -2.42. The molecule has 6 nitrogen and oxygen atoms in total. The first kappa shape index (κ1) is 15.8. The summed E-state index contributed by atoms with van der Waals surface area (Å²) in [6, 6.07) is -0.276. The highest BCUT2D eigenvalue weighted by molar-refractivity contribution is 5.75. The summed E-state index contributed by atoms with van der Waals surface area (Å²) in [4.78, 5) is 22.3. The molecule has 19 heavy (non-hydrogen) atoms. The van der Waals surface area contributed by atoms with Crippen LogP contribution < -0.4 is 10.6 Å². The lowest BCUT2D eigenvalue weighted by atomic mass is 10.1. The van der Waals surface area contributed by atoms with Crippen molar-refractivity contribution in [1.82, 2.24) is 10.6 Å². The molecule has 6 heteroatoms. The molecule has 0 heterocycles. The minimum absolute atomic E-state index is 0.0299. The lowest BCUT2D eigenvalue weighted by Gasteiger charge is -2.13. The molecule has 1 fully saturated rings. The average Bonchev–Trinajstić information content (AvgIpc) is 2.76. The van der Waals surface area contributed by atoms with Crippen LogP contribution in [0.15, 0.2) is 0 Å². The summed E-state index contributed by atoms with van der Waals surface area (Å²) in [7, 11) is 0. The predicted molar refractivity (Wildman–Crippen MR) is 71.0 cm³/mol. The van der Waals surface area contributed by atoms with Crippen molar-refractivity contribution in [1.29, 1.82) is 0 Å². The quantitative estimate of drug-likeness (QED) is 0.608. The molecular weight excluding hydrogens is 248 g/mol. The van der Waals surface area contributed by atoms with Crippen LogP contribution in [0.2, 0.25) is 0 Å². The molecule has 0 aliphatic heterocycles. The monoisotopic (exact) mass is 272 g/mol. The normalized spacial score (nSPS) is 22.5. The van der Waals surface area contributed by atoms with E-state index >= 15 is 0 Å². The molecule has 1 aliphatic carbocycles. The molecule has 0 aromatic carbocycles. The number of carboxylic acid groups (broad SMARTS) is 1. The largest absolute Gasteiger partial charge is 0.481 e. The van der Waals surface area contributed by atoms with E-state index < -0.39 is 5.97 Å². The van der Waals surface area contributed by atoms with Crippen LogP contribution in [-0.2, 0) is 9.53 Å². The van der Waals surface area contributed by atoms with E-state index in [0.29, 0.717) is 38.5 Å². The van der Waals surface area contributed by atoms with Gasteiger partial charge in [0.15, 0.2) is 0 Å². The highest BCUT2D eigenvalue weighted by Crippen LogP contribution is 2.25. The summed E-state index contributed by atoms with van der Waals surface area (Å²) in [5.74, 6) is -0.605. The van der Waals surface area contributed by atoms with E-state index in [1.54, 1.807) is 0 Å². The average molecular weight is 272 g/mol. The summed E-state index contributed by atoms with van der Waals surface area (Å²) < 4.78 is 5.34. The van der Waals surface area contributed by atoms with Crippen LogP contribution in [-0.4, -0.2) is 42.9 Å². The number of urea groups is 1. The molecule has 110 valence electrons. The first-order chi connectivity index (χ1) is 8.99. The van der Waals surface area contributed by atoms with E-state index in [9.17, 15) is 9.59 Å². The van der Waals surface area contributed by atoms with Crippen LogP contribution >= 0.6 is 0 Å². The van der Waals surface area contributed by atoms with Crippen molar-refractivity contribution < 1.29 is 19.4 Å². The van der Waals surface area contributed by atoms with Gasteiger partial charge in [0.25, 0.3) is 0 Å². The maximum absolute atomic E-state index is 11.5. The number of carboxylic acids is 1. The predicted octanol–water partition coefficient (Wildman–Crippen LogP) is 1.21. The standard InChI is InChI=1S/C13H24N2O4/c1-9(2)8-19-6-5-14-13(18)15-11-4-3-10(7-11)12(16)17/h9-11H,3-8H2,1-2H3,(H,16,17)(H2,14,15,18)/t10-,11+/m1/s1. The number of carbonyl (C=O) groups excluding carboxylic acids is 1. The Kier molecular flexibility index (Phi) is 6.62. The number of nitrogens with one attached hydrogen (secondary N) is 2. The van der Waals surface area contributed by atoms with Crippen molar-refractivity contribution in [3.05, 3.63) is 0 Å². The van der Waals surface area contributed by atoms with Gasteiger partial charge in [-0.3, -0.25) is 4.79 Å². The molecule has 0 unspecified atom stereocenters. The minimum atomic E-state index is -0.771. The van der Waals surface area contributed by atoms with Crippen molar-refractivity contribution in [2.24, 2.45) is 11.8 Å². The van der Waals surface area contributed by atoms with Gasteiger partial charge in [0.1, 0.15) is 0 Å². The Morgan fingerprint density at radius 1 is 1.37 bits per heavy atom. The Morgan fingerprint density at radius 3 is 2.68 bits per heavy atom. The Morgan fingerprint density at radius 2 is 2.11 bits per heavy atom. The van der Waals surface area contributed by atoms with Crippen molar-refractivity contribution in [3.63, 3.8) is 0 Å². The topological polar surface area (TPSA) is 87.7 Å². The molecule has 0 saturated heterocycles. The summed E-state index contributed by atoms with van der Waals surface area (Å²) in [5, 5.41) is 14.4. The summed E-state index contributed by atoms with van der Waals surface area (Å²) in [6.07, 6.45) is 1.89. The van der Waals surface area contributed by atoms with Gasteiger partial charge in [0, 0.05) is 19.2 Å². The van der Waals surface area contributed by atoms with E-state index in [0.717, 1.165) is 6.42 Å². The fraction of sp³-hybridized carbons (Fsp3) is 0.846. The SMILES string of the molecule is CC(C)COCCNC(=O)N[C@H]1CC[C@@H](C(=O)O)C1. The van der Waals surface area contributed by atoms with Crippen molar-refractivity contribution in [3.8, 4) is 0 Å². The molecule has 0 bridgehead atoms. The van der Waals surface area contributed by atoms with Gasteiger partial charge in [0.05, 0.1) is 12.5 Å². The molecule has 0 aromatic rings. The molecule has 2 amide bonds. The van der Waals surface area contributed by atoms with Crippen LogP contribution in [0, 0.1) is 11.8 Å². The Hall–Kier alpha value is -1.30. The van der Waals surface area contributed by atoms with Crippen LogP contribution in [0.4, 0.5) is 4.79 Å². The fourth-order valence-corrected chi connectivity index (χ4v) is 2.13. The summed E-state index contributed by atoms with van der Waals surface area (Å²) in [5.41, 5.74) is 0. The molecule has 0 radical (unpaired) electrons. The Balaban J connectivity index is 2.07. The number of ether oxygens (including phenoxy) is 1. The van der Waals surface area contributed by atoms with Gasteiger partial charge < -0.3 is 20.5 Å². The second kappa shape index (κ2) is 7.99. The minimum Gasteiger partial charge on any atom is -0.481 e. The number of hydrogen-bond donors (Lipinski definition) is 3. The highest BCUT2D eigenvalue weighted by Gasteiger charge is 2.30. The van der Waals surface area contributed by atoms with Crippen LogP contribution in [0.1, 0.15) is 33.1 Å². The second-order valence-electron chi connectivity index (χ2n) is 5.41. The van der Waals surface area contributed by atoms with Crippen molar-refractivity contribution >= 4 is 12.0 Å². The third-order valence-corrected chi connectivity index (χ3v) is 3.10. The molecule has 0 spiro atoms.